The molecule has 0 saturated carbocycles. The van der Waals surface area contributed by atoms with E-state index in [1.165, 1.54) is 11.6 Å². The van der Waals surface area contributed by atoms with Gasteiger partial charge in [-0.2, -0.15) is 0 Å². The van der Waals surface area contributed by atoms with Gasteiger partial charge in [0.05, 0.1) is 6.61 Å². The molecule has 0 aromatic heterocycles. The van der Waals surface area contributed by atoms with Crippen LogP contribution in [0.25, 0.3) is 0 Å². The number of benzene rings is 2. The number of likely N-dealkylation sites (N-methyl/N-ethyl adjacent to an activating group) is 1. The molecule has 2 nitrogen and oxygen atoms in total. The highest BCUT2D eigenvalue weighted by atomic mass is 19.1. The molecule has 0 aliphatic rings. The number of ether oxygens (including phenoxy) is 1. The lowest BCUT2D eigenvalue weighted by Crippen LogP contribution is -2.29. The number of hydrogen-bond donors (Lipinski definition) is 1. The number of para-hydroxylation sites is 1. The first kappa shape index (κ1) is 15.5. The Labute approximate surface area is 126 Å². The summed E-state index contributed by atoms with van der Waals surface area (Å²) in [4.78, 5) is 0. The molecule has 2 aromatic rings. The summed E-state index contributed by atoms with van der Waals surface area (Å²) in [5.41, 5.74) is 2.18. The Morgan fingerprint density at radius 3 is 2.57 bits per heavy atom. The van der Waals surface area contributed by atoms with Crippen LogP contribution in [0.15, 0.2) is 48.5 Å². The van der Waals surface area contributed by atoms with Crippen molar-refractivity contribution in [2.45, 2.75) is 25.8 Å². The van der Waals surface area contributed by atoms with Crippen molar-refractivity contribution in [1.29, 1.82) is 0 Å². The third kappa shape index (κ3) is 4.87. The van der Waals surface area contributed by atoms with Crippen molar-refractivity contribution < 1.29 is 9.13 Å². The summed E-state index contributed by atoms with van der Waals surface area (Å²) in [6.07, 6.45) is 1.78. The number of halogens is 1. The second-order valence-corrected chi connectivity index (χ2v) is 5.21. The minimum Gasteiger partial charge on any atom is -0.494 e. The van der Waals surface area contributed by atoms with E-state index in [9.17, 15) is 4.39 Å². The van der Waals surface area contributed by atoms with Crippen molar-refractivity contribution in [2.75, 3.05) is 13.7 Å². The van der Waals surface area contributed by atoms with Crippen LogP contribution in [0.5, 0.6) is 5.75 Å². The molecule has 1 atom stereocenters. The largest absolute Gasteiger partial charge is 0.494 e. The Balaban J connectivity index is 1.85. The average Bonchev–Trinajstić information content (AvgIpc) is 2.49. The van der Waals surface area contributed by atoms with Gasteiger partial charge in [0.15, 0.2) is 0 Å². The number of rotatable bonds is 7. The quantitative estimate of drug-likeness (QED) is 0.837. The predicted molar refractivity (Wildman–Crippen MR) is 84.2 cm³/mol. The fraction of sp³-hybridized carbons (Fsp3) is 0.333. The van der Waals surface area contributed by atoms with Crippen molar-refractivity contribution in [3.8, 4) is 5.75 Å². The average molecular weight is 287 g/mol. The first-order valence-corrected chi connectivity index (χ1v) is 7.29. The lowest BCUT2D eigenvalue weighted by atomic mass is 9.99. The minimum atomic E-state index is -0.176. The van der Waals surface area contributed by atoms with E-state index < -0.39 is 0 Å². The third-order valence-corrected chi connectivity index (χ3v) is 3.66. The highest BCUT2D eigenvalue weighted by molar-refractivity contribution is 5.27. The summed E-state index contributed by atoms with van der Waals surface area (Å²) < 4.78 is 18.8. The lowest BCUT2D eigenvalue weighted by Gasteiger charge is -2.18. The zero-order chi connectivity index (χ0) is 15.1. The van der Waals surface area contributed by atoms with E-state index in [0.717, 1.165) is 24.2 Å². The molecular weight excluding hydrogens is 265 g/mol. The van der Waals surface area contributed by atoms with Gasteiger partial charge in [-0.1, -0.05) is 24.3 Å². The Kier molecular flexibility index (Phi) is 5.76. The zero-order valence-corrected chi connectivity index (χ0v) is 12.6. The van der Waals surface area contributed by atoms with Crippen molar-refractivity contribution in [3.05, 3.63) is 65.5 Å². The van der Waals surface area contributed by atoms with Gasteiger partial charge in [-0.05, 0) is 62.2 Å². The van der Waals surface area contributed by atoms with Gasteiger partial charge >= 0.3 is 0 Å². The molecule has 3 heteroatoms. The van der Waals surface area contributed by atoms with Crippen LogP contribution >= 0.6 is 0 Å². The normalized spacial score (nSPS) is 12.1. The van der Waals surface area contributed by atoms with Crippen molar-refractivity contribution in [2.24, 2.45) is 0 Å². The fourth-order valence-corrected chi connectivity index (χ4v) is 2.34. The lowest BCUT2D eigenvalue weighted by molar-refractivity contribution is 0.288. The van der Waals surface area contributed by atoms with Crippen LogP contribution in [0, 0.1) is 12.7 Å². The van der Waals surface area contributed by atoms with Gasteiger partial charge in [-0.3, -0.25) is 0 Å². The summed E-state index contributed by atoms with van der Waals surface area (Å²) in [6.45, 7) is 2.61. The summed E-state index contributed by atoms with van der Waals surface area (Å²) in [7, 11) is 1.95. The molecule has 21 heavy (non-hydrogen) atoms. The second kappa shape index (κ2) is 7.79. The van der Waals surface area contributed by atoms with E-state index in [0.29, 0.717) is 12.6 Å². The molecule has 2 rings (SSSR count). The molecule has 1 unspecified atom stereocenters. The summed E-state index contributed by atoms with van der Waals surface area (Å²) in [5, 5.41) is 3.30. The second-order valence-electron chi connectivity index (χ2n) is 5.21. The number of aryl methyl sites for hydroxylation is 1. The molecule has 0 fully saturated rings. The van der Waals surface area contributed by atoms with Crippen LogP contribution in [-0.4, -0.2) is 19.7 Å². The highest BCUT2D eigenvalue weighted by Gasteiger charge is 2.10. The molecule has 0 aliphatic heterocycles. The van der Waals surface area contributed by atoms with E-state index in [1.807, 2.05) is 50.4 Å². The molecule has 0 radical (unpaired) electrons. The van der Waals surface area contributed by atoms with Gasteiger partial charge < -0.3 is 10.1 Å². The topological polar surface area (TPSA) is 21.3 Å². The number of nitrogens with one attached hydrogen (secondary N) is 1. The molecule has 1 N–H and O–H groups in total. The summed E-state index contributed by atoms with van der Waals surface area (Å²) in [6, 6.07) is 15.1. The first-order chi connectivity index (χ1) is 10.2. The van der Waals surface area contributed by atoms with Gasteiger partial charge in [0, 0.05) is 6.04 Å². The maximum Gasteiger partial charge on any atom is 0.123 e. The third-order valence-electron chi connectivity index (χ3n) is 3.66. The minimum absolute atomic E-state index is 0.176. The molecule has 0 amide bonds. The van der Waals surface area contributed by atoms with Gasteiger partial charge in [0.1, 0.15) is 11.6 Å². The van der Waals surface area contributed by atoms with E-state index in [4.69, 9.17) is 4.74 Å². The molecule has 0 saturated heterocycles. The highest BCUT2D eigenvalue weighted by Crippen LogP contribution is 2.14. The van der Waals surface area contributed by atoms with Crippen molar-refractivity contribution in [3.63, 3.8) is 0 Å². The fourth-order valence-electron chi connectivity index (χ4n) is 2.34. The molecular formula is C18H22FNO. The Morgan fingerprint density at radius 2 is 1.90 bits per heavy atom. The molecule has 0 heterocycles. The molecule has 2 aromatic carbocycles. The van der Waals surface area contributed by atoms with E-state index >= 15 is 0 Å². The molecule has 112 valence electrons. The Hall–Kier alpha value is -1.87. The van der Waals surface area contributed by atoms with Crippen molar-refractivity contribution in [1.82, 2.24) is 5.32 Å². The SMILES string of the molecule is CNC(CCOc1ccccc1)Cc1ccc(F)cc1C. The molecule has 0 spiro atoms. The predicted octanol–water partition coefficient (Wildman–Crippen LogP) is 3.73. The number of hydrogen-bond acceptors (Lipinski definition) is 2. The maximum atomic E-state index is 13.1. The van der Waals surface area contributed by atoms with Gasteiger partial charge in [-0.15, -0.1) is 0 Å². The van der Waals surface area contributed by atoms with Gasteiger partial charge in [-0.25, -0.2) is 4.39 Å². The monoisotopic (exact) mass is 287 g/mol. The van der Waals surface area contributed by atoms with Crippen LogP contribution in [0.4, 0.5) is 4.39 Å². The summed E-state index contributed by atoms with van der Waals surface area (Å²) >= 11 is 0. The standard InChI is InChI=1S/C18H22FNO/c1-14-12-16(19)9-8-15(14)13-17(20-2)10-11-21-18-6-4-3-5-7-18/h3-9,12,17,20H,10-11,13H2,1-2H3. The first-order valence-electron chi connectivity index (χ1n) is 7.29. The van der Waals surface area contributed by atoms with Crippen LogP contribution in [-0.2, 0) is 6.42 Å². The van der Waals surface area contributed by atoms with Crippen LogP contribution < -0.4 is 10.1 Å². The molecule has 0 bridgehead atoms. The van der Waals surface area contributed by atoms with E-state index in [1.54, 1.807) is 6.07 Å². The zero-order valence-electron chi connectivity index (χ0n) is 12.6. The smallest absolute Gasteiger partial charge is 0.123 e. The van der Waals surface area contributed by atoms with E-state index in [-0.39, 0.29) is 5.82 Å². The summed E-state index contributed by atoms with van der Waals surface area (Å²) in [5.74, 6) is 0.718. The van der Waals surface area contributed by atoms with Gasteiger partial charge in [0.2, 0.25) is 0 Å². The van der Waals surface area contributed by atoms with Crippen LogP contribution in [0.3, 0.4) is 0 Å². The van der Waals surface area contributed by atoms with E-state index in [2.05, 4.69) is 5.32 Å². The Bertz CT molecular complexity index is 556. The van der Waals surface area contributed by atoms with Gasteiger partial charge in [0.25, 0.3) is 0 Å². The Morgan fingerprint density at radius 1 is 1.14 bits per heavy atom. The molecule has 0 aliphatic carbocycles. The van der Waals surface area contributed by atoms with Crippen LogP contribution in [0.2, 0.25) is 0 Å². The van der Waals surface area contributed by atoms with Crippen molar-refractivity contribution >= 4 is 0 Å². The maximum absolute atomic E-state index is 13.1. The van der Waals surface area contributed by atoms with Crippen LogP contribution in [0.1, 0.15) is 17.5 Å².